The molecule has 2 aromatic heterocycles. The average Bonchev–Trinajstić information content (AvgIpc) is 2.47. The minimum atomic E-state index is -0.497. The number of aromatic amines is 1. The second-order valence-electron chi connectivity index (χ2n) is 2.59. The van der Waals surface area contributed by atoms with E-state index in [0.29, 0.717) is 16.7 Å². The molecule has 0 radical (unpaired) electrons. The van der Waals surface area contributed by atoms with Crippen LogP contribution >= 0.6 is 0 Å². The van der Waals surface area contributed by atoms with Crippen molar-refractivity contribution in [3.63, 3.8) is 0 Å². The number of hydrogen-bond acceptors (Lipinski definition) is 4. The molecule has 0 amide bonds. The average molecular weight is 178 g/mol. The fourth-order valence-corrected chi connectivity index (χ4v) is 1.12. The van der Waals surface area contributed by atoms with Crippen molar-refractivity contribution < 1.29 is 4.92 Å². The summed E-state index contributed by atoms with van der Waals surface area (Å²) >= 11 is 0. The SMILES string of the molecule is Nc1c[nH]c2cc([N+](=O)[O-])cnc12. The maximum Gasteiger partial charge on any atom is 0.289 e. The van der Waals surface area contributed by atoms with Gasteiger partial charge in [-0.1, -0.05) is 0 Å². The Morgan fingerprint density at radius 2 is 2.38 bits per heavy atom. The first-order valence-corrected chi connectivity index (χ1v) is 3.55. The highest BCUT2D eigenvalue weighted by molar-refractivity contribution is 5.88. The molecular formula is C7H6N4O2. The number of anilines is 1. The van der Waals surface area contributed by atoms with Crippen LogP contribution in [0.1, 0.15) is 0 Å². The van der Waals surface area contributed by atoms with Crippen LogP contribution in [0.15, 0.2) is 18.5 Å². The van der Waals surface area contributed by atoms with Gasteiger partial charge in [0.1, 0.15) is 11.7 Å². The van der Waals surface area contributed by atoms with E-state index in [4.69, 9.17) is 5.73 Å². The lowest BCUT2D eigenvalue weighted by atomic mass is 10.3. The summed E-state index contributed by atoms with van der Waals surface area (Å²) in [5, 5.41) is 10.4. The second-order valence-corrected chi connectivity index (χ2v) is 2.59. The van der Waals surface area contributed by atoms with Gasteiger partial charge >= 0.3 is 0 Å². The van der Waals surface area contributed by atoms with Gasteiger partial charge in [0.25, 0.3) is 5.69 Å². The van der Waals surface area contributed by atoms with Crippen LogP contribution in [0, 0.1) is 10.1 Å². The molecule has 0 aliphatic rings. The summed E-state index contributed by atoms with van der Waals surface area (Å²) in [7, 11) is 0. The van der Waals surface area contributed by atoms with Crippen LogP contribution in [0.25, 0.3) is 11.0 Å². The molecule has 2 heterocycles. The van der Waals surface area contributed by atoms with Gasteiger partial charge in [-0.25, -0.2) is 4.98 Å². The molecule has 0 saturated carbocycles. The lowest BCUT2D eigenvalue weighted by Crippen LogP contribution is -1.89. The maximum absolute atomic E-state index is 10.4. The van der Waals surface area contributed by atoms with Gasteiger partial charge in [-0.15, -0.1) is 0 Å². The van der Waals surface area contributed by atoms with E-state index in [0.717, 1.165) is 0 Å². The molecule has 0 spiro atoms. The summed E-state index contributed by atoms with van der Waals surface area (Å²) in [6.07, 6.45) is 2.74. The number of hydrogen-bond donors (Lipinski definition) is 2. The van der Waals surface area contributed by atoms with E-state index in [2.05, 4.69) is 9.97 Å². The molecule has 2 rings (SSSR count). The van der Waals surface area contributed by atoms with Crippen molar-refractivity contribution >= 4 is 22.4 Å². The van der Waals surface area contributed by atoms with Crippen molar-refractivity contribution in [1.82, 2.24) is 9.97 Å². The first kappa shape index (κ1) is 7.53. The van der Waals surface area contributed by atoms with Crippen LogP contribution in [0.4, 0.5) is 11.4 Å². The van der Waals surface area contributed by atoms with Gasteiger partial charge in [-0.2, -0.15) is 0 Å². The fraction of sp³-hybridized carbons (Fsp3) is 0. The third-order valence-corrected chi connectivity index (χ3v) is 1.74. The van der Waals surface area contributed by atoms with Gasteiger partial charge < -0.3 is 10.7 Å². The molecule has 3 N–H and O–H groups in total. The summed E-state index contributed by atoms with van der Waals surface area (Å²) in [6.45, 7) is 0. The quantitative estimate of drug-likeness (QED) is 0.503. The number of nitrogens with one attached hydrogen (secondary N) is 1. The number of nitrogens with two attached hydrogens (primary N) is 1. The Labute approximate surface area is 72.5 Å². The zero-order valence-corrected chi connectivity index (χ0v) is 6.52. The maximum atomic E-state index is 10.4. The number of fused-ring (bicyclic) bond motifs is 1. The first-order chi connectivity index (χ1) is 6.18. The Hall–Kier alpha value is -2.11. The Morgan fingerprint density at radius 3 is 3.08 bits per heavy atom. The molecular weight excluding hydrogens is 172 g/mol. The normalized spacial score (nSPS) is 10.5. The summed E-state index contributed by atoms with van der Waals surface area (Å²) in [5.74, 6) is 0. The second kappa shape index (κ2) is 2.44. The predicted octanol–water partition coefficient (Wildman–Crippen LogP) is 1.05. The lowest BCUT2D eigenvalue weighted by molar-refractivity contribution is -0.385. The molecule has 0 saturated heterocycles. The minimum absolute atomic E-state index is 0.0469. The van der Waals surface area contributed by atoms with E-state index < -0.39 is 4.92 Å². The van der Waals surface area contributed by atoms with Gasteiger partial charge in [0.2, 0.25) is 0 Å². The summed E-state index contributed by atoms with van der Waals surface area (Å²) in [4.78, 5) is 16.5. The first-order valence-electron chi connectivity index (χ1n) is 3.55. The number of rotatable bonds is 1. The zero-order chi connectivity index (χ0) is 9.42. The van der Waals surface area contributed by atoms with Crippen LogP contribution < -0.4 is 5.73 Å². The fourth-order valence-electron chi connectivity index (χ4n) is 1.12. The zero-order valence-electron chi connectivity index (χ0n) is 6.52. The third kappa shape index (κ3) is 1.08. The van der Waals surface area contributed by atoms with Gasteiger partial charge in [-0.3, -0.25) is 10.1 Å². The Bertz CT molecular complexity index is 476. The molecule has 6 heteroatoms. The number of pyridine rings is 1. The van der Waals surface area contributed by atoms with E-state index in [-0.39, 0.29) is 5.69 Å². The van der Waals surface area contributed by atoms with Crippen molar-refractivity contribution in [3.8, 4) is 0 Å². The van der Waals surface area contributed by atoms with Crippen LogP contribution in [-0.4, -0.2) is 14.9 Å². The molecule has 13 heavy (non-hydrogen) atoms. The predicted molar refractivity (Wildman–Crippen MR) is 47.2 cm³/mol. The number of nitrogens with zero attached hydrogens (tertiary/aromatic N) is 2. The Balaban J connectivity index is 2.70. The molecule has 0 unspecified atom stereocenters. The van der Waals surface area contributed by atoms with E-state index in [1.54, 1.807) is 6.20 Å². The molecule has 0 aliphatic heterocycles. The van der Waals surface area contributed by atoms with E-state index in [9.17, 15) is 10.1 Å². The number of nitro groups is 1. The van der Waals surface area contributed by atoms with Crippen LogP contribution in [0.2, 0.25) is 0 Å². The van der Waals surface area contributed by atoms with Crippen LogP contribution in [0.3, 0.4) is 0 Å². The molecule has 0 atom stereocenters. The smallest absolute Gasteiger partial charge is 0.289 e. The van der Waals surface area contributed by atoms with Crippen LogP contribution in [0.5, 0.6) is 0 Å². The van der Waals surface area contributed by atoms with Crippen molar-refractivity contribution in [3.05, 3.63) is 28.6 Å². The molecule has 0 aliphatic carbocycles. The summed E-state index contributed by atoms with van der Waals surface area (Å²) in [6, 6.07) is 1.40. The highest BCUT2D eigenvalue weighted by Crippen LogP contribution is 2.21. The van der Waals surface area contributed by atoms with E-state index >= 15 is 0 Å². The van der Waals surface area contributed by atoms with Gasteiger partial charge in [0.15, 0.2) is 0 Å². The molecule has 66 valence electrons. The Morgan fingerprint density at radius 1 is 1.62 bits per heavy atom. The van der Waals surface area contributed by atoms with E-state index in [1.807, 2.05) is 0 Å². The molecule has 6 nitrogen and oxygen atoms in total. The minimum Gasteiger partial charge on any atom is -0.396 e. The van der Waals surface area contributed by atoms with Crippen molar-refractivity contribution in [2.75, 3.05) is 5.73 Å². The number of H-pyrrole nitrogens is 1. The Kier molecular flexibility index (Phi) is 1.42. The summed E-state index contributed by atoms with van der Waals surface area (Å²) in [5.41, 5.74) is 7.12. The van der Waals surface area contributed by atoms with Gasteiger partial charge in [0, 0.05) is 12.3 Å². The van der Waals surface area contributed by atoms with Crippen molar-refractivity contribution in [2.24, 2.45) is 0 Å². The number of aromatic nitrogens is 2. The van der Waals surface area contributed by atoms with Crippen molar-refractivity contribution in [1.29, 1.82) is 0 Å². The monoisotopic (exact) mass is 178 g/mol. The molecule has 2 aromatic rings. The third-order valence-electron chi connectivity index (χ3n) is 1.74. The standard InChI is InChI=1S/C7H6N4O2/c8-5-3-9-6-1-4(11(12)13)2-10-7(5)6/h1-3,9H,8H2. The highest BCUT2D eigenvalue weighted by Gasteiger charge is 2.09. The topological polar surface area (TPSA) is 97.8 Å². The summed E-state index contributed by atoms with van der Waals surface area (Å²) < 4.78 is 0. The van der Waals surface area contributed by atoms with Gasteiger partial charge in [0.05, 0.1) is 16.1 Å². The highest BCUT2D eigenvalue weighted by atomic mass is 16.6. The molecule has 0 aromatic carbocycles. The number of nitrogen functional groups attached to an aromatic ring is 1. The van der Waals surface area contributed by atoms with Gasteiger partial charge in [-0.05, 0) is 0 Å². The molecule has 0 bridgehead atoms. The van der Waals surface area contributed by atoms with Crippen molar-refractivity contribution in [2.45, 2.75) is 0 Å². The largest absolute Gasteiger partial charge is 0.396 e. The lowest BCUT2D eigenvalue weighted by Gasteiger charge is -1.91. The molecule has 0 fully saturated rings. The van der Waals surface area contributed by atoms with Crippen LogP contribution in [-0.2, 0) is 0 Å². The van der Waals surface area contributed by atoms with E-state index in [1.165, 1.54) is 12.3 Å².